The maximum Gasteiger partial charge on any atom is 0.276 e. The van der Waals surface area contributed by atoms with Crippen LogP contribution in [0.5, 0.6) is 0 Å². The Labute approximate surface area is 157 Å². The molecule has 1 N–H and O–H groups in total. The highest BCUT2D eigenvalue weighted by molar-refractivity contribution is 5.94. The second-order valence-electron chi connectivity index (χ2n) is 7.18. The Morgan fingerprint density at radius 2 is 2.15 bits per heavy atom. The third-order valence-corrected chi connectivity index (χ3v) is 5.38. The molecule has 0 aliphatic carbocycles. The molecular weight excluding hydrogens is 342 g/mol. The summed E-state index contributed by atoms with van der Waals surface area (Å²) >= 11 is 0. The predicted molar refractivity (Wildman–Crippen MR) is 102 cm³/mol. The van der Waals surface area contributed by atoms with E-state index in [-0.39, 0.29) is 11.8 Å². The number of benzene rings is 1. The van der Waals surface area contributed by atoms with Crippen molar-refractivity contribution >= 4 is 16.8 Å². The first-order valence-electron chi connectivity index (χ1n) is 9.30. The number of carbonyl (C=O) groups is 1. The number of fused-ring (bicyclic) bond motifs is 1. The molecule has 140 valence electrons. The minimum Gasteiger partial charge on any atom is -0.393 e. The quantitative estimate of drug-likeness (QED) is 0.770. The van der Waals surface area contributed by atoms with Gasteiger partial charge in [-0.3, -0.25) is 9.78 Å². The molecule has 1 saturated heterocycles. The number of aromatic nitrogens is 4. The lowest BCUT2D eigenvalue weighted by Crippen LogP contribution is -2.43. The molecule has 0 bridgehead atoms. The van der Waals surface area contributed by atoms with Gasteiger partial charge in [0.1, 0.15) is 0 Å². The summed E-state index contributed by atoms with van der Waals surface area (Å²) in [7, 11) is 0. The lowest BCUT2D eigenvalue weighted by molar-refractivity contribution is 0.0461. The molecule has 0 spiro atoms. The summed E-state index contributed by atoms with van der Waals surface area (Å²) in [6.07, 6.45) is 3.17. The Hall–Kier alpha value is -2.80. The maximum atomic E-state index is 13.0. The molecule has 7 heteroatoms. The average Bonchev–Trinajstić information content (AvgIpc) is 3.08. The van der Waals surface area contributed by atoms with Crippen molar-refractivity contribution in [3.05, 3.63) is 47.9 Å². The molecular formula is C20H23N5O2. The molecule has 3 aromatic rings. The summed E-state index contributed by atoms with van der Waals surface area (Å²) in [5, 5.41) is 19.3. The fourth-order valence-electron chi connectivity index (χ4n) is 3.77. The van der Waals surface area contributed by atoms with Crippen LogP contribution in [0.3, 0.4) is 0 Å². The molecule has 0 radical (unpaired) electrons. The van der Waals surface area contributed by atoms with Gasteiger partial charge < -0.3 is 10.0 Å². The van der Waals surface area contributed by atoms with Gasteiger partial charge in [-0.25, -0.2) is 4.68 Å². The molecule has 3 heterocycles. The number of likely N-dealkylation sites (tertiary alicyclic amines) is 1. The molecule has 2 aromatic heterocycles. The molecule has 1 fully saturated rings. The topological polar surface area (TPSA) is 84.1 Å². The van der Waals surface area contributed by atoms with Crippen molar-refractivity contribution in [3.63, 3.8) is 0 Å². The Balaban J connectivity index is 1.67. The van der Waals surface area contributed by atoms with Gasteiger partial charge in [-0.2, -0.15) is 0 Å². The number of hydrogen-bond donors (Lipinski definition) is 1. The summed E-state index contributed by atoms with van der Waals surface area (Å²) in [5.41, 5.74) is 2.79. The van der Waals surface area contributed by atoms with Crippen LogP contribution in [0.25, 0.3) is 16.6 Å². The van der Waals surface area contributed by atoms with Crippen LogP contribution in [0.1, 0.15) is 35.9 Å². The van der Waals surface area contributed by atoms with Crippen LogP contribution in [0, 0.1) is 12.8 Å². The van der Waals surface area contributed by atoms with Gasteiger partial charge in [0.25, 0.3) is 5.91 Å². The molecule has 2 atom stereocenters. The standard InChI is InChI=1S/C20H23N5O2/c1-13-19(20(27)24-11-5-6-15(12-24)14(2)26)22-23-25(13)18-9-3-8-17-16(18)7-4-10-21-17/h3-4,7-10,14-15,26H,5-6,11-12H2,1-2H3/t14-,15+/m1/s1. The lowest BCUT2D eigenvalue weighted by Gasteiger charge is -2.33. The number of hydrogen-bond acceptors (Lipinski definition) is 5. The number of amides is 1. The monoisotopic (exact) mass is 365 g/mol. The van der Waals surface area contributed by atoms with Crippen LogP contribution < -0.4 is 0 Å². The van der Waals surface area contributed by atoms with Gasteiger partial charge in [-0.1, -0.05) is 11.3 Å². The smallest absolute Gasteiger partial charge is 0.276 e. The van der Waals surface area contributed by atoms with Crippen molar-refractivity contribution in [2.45, 2.75) is 32.8 Å². The van der Waals surface area contributed by atoms with Gasteiger partial charge in [0.15, 0.2) is 5.69 Å². The molecule has 27 heavy (non-hydrogen) atoms. The van der Waals surface area contributed by atoms with Crippen LogP contribution >= 0.6 is 0 Å². The van der Waals surface area contributed by atoms with E-state index in [4.69, 9.17) is 0 Å². The van der Waals surface area contributed by atoms with E-state index in [1.54, 1.807) is 22.7 Å². The third kappa shape index (κ3) is 3.19. The minimum absolute atomic E-state index is 0.113. The van der Waals surface area contributed by atoms with Gasteiger partial charge >= 0.3 is 0 Å². The molecule has 1 aliphatic rings. The summed E-state index contributed by atoms with van der Waals surface area (Å²) in [6.45, 7) is 4.89. The number of nitrogens with zero attached hydrogens (tertiary/aromatic N) is 5. The highest BCUT2D eigenvalue weighted by Crippen LogP contribution is 2.24. The normalized spacial score (nSPS) is 18.6. The zero-order chi connectivity index (χ0) is 19.0. The summed E-state index contributed by atoms with van der Waals surface area (Å²) in [5.74, 6) is -0.00958. The van der Waals surface area contributed by atoms with E-state index in [1.807, 2.05) is 37.3 Å². The number of aliphatic hydroxyl groups excluding tert-OH is 1. The average molecular weight is 365 g/mol. The first-order chi connectivity index (χ1) is 13.1. The Kier molecular flexibility index (Phi) is 4.61. The van der Waals surface area contributed by atoms with Gasteiger partial charge in [-0.15, -0.1) is 5.10 Å². The predicted octanol–water partition coefficient (Wildman–Crippen LogP) is 2.36. The second kappa shape index (κ2) is 7.08. The molecule has 4 rings (SSSR count). The van der Waals surface area contributed by atoms with Crippen LogP contribution in [-0.2, 0) is 0 Å². The highest BCUT2D eigenvalue weighted by atomic mass is 16.3. The number of piperidine rings is 1. The molecule has 1 aromatic carbocycles. The van der Waals surface area contributed by atoms with Gasteiger partial charge in [-0.05, 0) is 51.0 Å². The number of rotatable bonds is 3. The van der Waals surface area contributed by atoms with E-state index in [2.05, 4.69) is 15.3 Å². The molecule has 1 aliphatic heterocycles. The molecule has 0 saturated carbocycles. The van der Waals surface area contributed by atoms with Crippen molar-refractivity contribution in [2.75, 3.05) is 13.1 Å². The largest absolute Gasteiger partial charge is 0.393 e. The van der Waals surface area contributed by atoms with Gasteiger partial charge in [0.2, 0.25) is 0 Å². The number of aliphatic hydroxyl groups is 1. The van der Waals surface area contributed by atoms with Crippen molar-refractivity contribution < 1.29 is 9.90 Å². The molecule has 1 amide bonds. The summed E-state index contributed by atoms with van der Waals surface area (Å²) in [6, 6.07) is 9.68. The van der Waals surface area contributed by atoms with Crippen LogP contribution in [0.15, 0.2) is 36.5 Å². The Morgan fingerprint density at radius 3 is 2.96 bits per heavy atom. The van der Waals surface area contributed by atoms with Crippen molar-refractivity contribution in [1.82, 2.24) is 24.9 Å². The highest BCUT2D eigenvalue weighted by Gasteiger charge is 2.30. The first-order valence-corrected chi connectivity index (χ1v) is 9.30. The summed E-state index contributed by atoms with van der Waals surface area (Å²) in [4.78, 5) is 19.2. The maximum absolute atomic E-state index is 13.0. The summed E-state index contributed by atoms with van der Waals surface area (Å²) < 4.78 is 1.70. The Morgan fingerprint density at radius 1 is 1.30 bits per heavy atom. The van der Waals surface area contributed by atoms with E-state index in [1.165, 1.54) is 0 Å². The fourth-order valence-corrected chi connectivity index (χ4v) is 3.77. The van der Waals surface area contributed by atoms with E-state index >= 15 is 0 Å². The van der Waals surface area contributed by atoms with Crippen LogP contribution in [0.2, 0.25) is 0 Å². The lowest BCUT2D eigenvalue weighted by atomic mass is 9.93. The minimum atomic E-state index is -0.416. The third-order valence-electron chi connectivity index (χ3n) is 5.38. The fraction of sp³-hybridized carbons (Fsp3) is 0.400. The van der Waals surface area contributed by atoms with Crippen molar-refractivity contribution in [2.24, 2.45) is 5.92 Å². The zero-order valence-electron chi connectivity index (χ0n) is 15.5. The second-order valence-corrected chi connectivity index (χ2v) is 7.18. The number of pyridine rings is 1. The number of carbonyl (C=O) groups excluding carboxylic acids is 1. The van der Waals surface area contributed by atoms with Crippen molar-refractivity contribution in [1.29, 1.82) is 0 Å². The zero-order valence-corrected chi connectivity index (χ0v) is 15.5. The van der Waals surface area contributed by atoms with E-state index in [0.29, 0.717) is 24.5 Å². The first kappa shape index (κ1) is 17.6. The molecule has 7 nitrogen and oxygen atoms in total. The van der Waals surface area contributed by atoms with Crippen LogP contribution in [0.4, 0.5) is 0 Å². The van der Waals surface area contributed by atoms with Gasteiger partial charge in [0, 0.05) is 30.6 Å². The Bertz CT molecular complexity index is 976. The van der Waals surface area contributed by atoms with E-state index in [9.17, 15) is 9.90 Å². The van der Waals surface area contributed by atoms with Crippen molar-refractivity contribution in [3.8, 4) is 5.69 Å². The van der Waals surface area contributed by atoms with Crippen LogP contribution in [-0.4, -0.2) is 55.1 Å². The SMILES string of the molecule is Cc1c(C(=O)N2CCC[C@H]([C@@H](C)O)C2)nnn1-c1cccc2ncccc12. The van der Waals surface area contributed by atoms with E-state index < -0.39 is 6.10 Å². The van der Waals surface area contributed by atoms with Gasteiger partial charge in [0.05, 0.1) is 23.0 Å². The molecule has 0 unspecified atom stereocenters. The van der Waals surface area contributed by atoms with E-state index in [0.717, 1.165) is 29.4 Å².